The standard InChI is InChI=1S/C17H27NO/c1-13(14-5-7-16(19-4)8-6-14)18-15-9-11-17(2,3)12-10-15/h5-8,13,15,18H,9-12H2,1-4H3/t13-/m1/s1. The average Bonchev–Trinajstić information content (AvgIpc) is 2.41. The molecule has 0 aromatic heterocycles. The van der Waals surface area contributed by atoms with E-state index in [0.29, 0.717) is 17.5 Å². The maximum absolute atomic E-state index is 5.20. The number of hydrogen-bond donors (Lipinski definition) is 1. The third-order valence-corrected chi connectivity index (χ3v) is 4.44. The van der Waals surface area contributed by atoms with Gasteiger partial charge in [0, 0.05) is 12.1 Å². The highest BCUT2D eigenvalue weighted by Gasteiger charge is 2.27. The minimum atomic E-state index is 0.414. The molecule has 1 fully saturated rings. The second-order valence-electron chi connectivity index (χ2n) is 6.60. The van der Waals surface area contributed by atoms with E-state index < -0.39 is 0 Å². The van der Waals surface area contributed by atoms with E-state index in [1.54, 1.807) is 7.11 Å². The minimum Gasteiger partial charge on any atom is -0.497 e. The van der Waals surface area contributed by atoms with Gasteiger partial charge in [0.1, 0.15) is 5.75 Å². The van der Waals surface area contributed by atoms with Crippen LogP contribution >= 0.6 is 0 Å². The summed E-state index contributed by atoms with van der Waals surface area (Å²) in [6, 6.07) is 9.48. The monoisotopic (exact) mass is 261 g/mol. The predicted molar refractivity (Wildman–Crippen MR) is 80.6 cm³/mol. The SMILES string of the molecule is COc1ccc([C@@H](C)NC2CCC(C)(C)CC2)cc1. The third kappa shape index (κ3) is 3.97. The molecule has 0 heterocycles. The summed E-state index contributed by atoms with van der Waals surface area (Å²) in [5, 5.41) is 3.77. The Morgan fingerprint density at radius 1 is 1.16 bits per heavy atom. The quantitative estimate of drug-likeness (QED) is 0.871. The van der Waals surface area contributed by atoms with Gasteiger partial charge in [-0.3, -0.25) is 0 Å². The fourth-order valence-electron chi connectivity index (χ4n) is 2.91. The van der Waals surface area contributed by atoms with Gasteiger partial charge < -0.3 is 10.1 Å². The molecule has 0 unspecified atom stereocenters. The summed E-state index contributed by atoms with van der Waals surface area (Å²) < 4.78 is 5.20. The Hall–Kier alpha value is -1.02. The molecule has 106 valence electrons. The lowest BCUT2D eigenvalue weighted by Crippen LogP contribution is -2.36. The van der Waals surface area contributed by atoms with Crippen LogP contribution in [0, 0.1) is 5.41 Å². The molecule has 2 rings (SSSR count). The van der Waals surface area contributed by atoms with Crippen molar-refractivity contribution in [2.24, 2.45) is 5.41 Å². The van der Waals surface area contributed by atoms with Gasteiger partial charge in [-0.1, -0.05) is 26.0 Å². The molecule has 0 aliphatic heterocycles. The first-order valence-electron chi connectivity index (χ1n) is 7.40. The first-order valence-corrected chi connectivity index (χ1v) is 7.40. The molecule has 1 aliphatic rings. The van der Waals surface area contributed by atoms with Crippen molar-refractivity contribution in [2.45, 2.75) is 58.5 Å². The molecule has 1 N–H and O–H groups in total. The van der Waals surface area contributed by atoms with E-state index in [0.717, 1.165) is 5.75 Å². The first-order chi connectivity index (χ1) is 9.00. The fraction of sp³-hybridized carbons (Fsp3) is 0.647. The molecule has 1 aromatic rings. The molecule has 1 saturated carbocycles. The van der Waals surface area contributed by atoms with Gasteiger partial charge in [-0.05, 0) is 55.7 Å². The molecule has 0 radical (unpaired) electrons. The predicted octanol–water partition coefficient (Wildman–Crippen LogP) is 4.31. The molecule has 0 spiro atoms. The van der Waals surface area contributed by atoms with Crippen LogP contribution in [0.2, 0.25) is 0 Å². The summed E-state index contributed by atoms with van der Waals surface area (Å²) in [6.45, 7) is 7.02. The van der Waals surface area contributed by atoms with E-state index in [9.17, 15) is 0 Å². The van der Waals surface area contributed by atoms with Crippen molar-refractivity contribution < 1.29 is 4.74 Å². The van der Waals surface area contributed by atoms with Gasteiger partial charge in [-0.2, -0.15) is 0 Å². The molecular formula is C17H27NO. The lowest BCUT2D eigenvalue weighted by Gasteiger charge is -2.36. The smallest absolute Gasteiger partial charge is 0.118 e. The van der Waals surface area contributed by atoms with Crippen molar-refractivity contribution in [1.29, 1.82) is 0 Å². The lowest BCUT2D eigenvalue weighted by atomic mass is 9.75. The van der Waals surface area contributed by atoms with Crippen LogP contribution in [0.15, 0.2) is 24.3 Å². The highest BCUT2D eigenvalue weighted by molar-refractivity contribution is 5.28. The van der Waals surface area contributed by atoms with Gasteiger partial charge >= 0.3 is 0 Å². The van der Waals surface area contributed by atoms with Crippen LogP contribution < -0.4 is 10.1 Å². The lowest BCUT2D eigenvalue weighted by molar-refractivity contribution is 0.200. The largest absolute Gasteiger partial charge is 0.497 e. The van der Waals surface area contributed by atoms with Crippen LogP contribution in [0.1, 0.15) is 58.1 Å². The van der Waals surface area contributed by atoms with E-state index in [2.05, 4.69) is 38.2 Å². The summed E-state index contributed by atoms with van der Waals surface area (Å²) in [6.07, 6.45) is 5.26. The topological polar surface area (TPSA) is 21.3 Å². The van der Waals surface area contributed by atoms with Gasteiger partial charge in [0.15, 0.2) is 0 Å². The van der Waals surface area contributed by atoms with Crippen LogP contribution in [0.4, 0.5) is 0 Å². The van der Waals surface area contributed by atoms with Crippen LogP contribution in [0.25, 0.3) is 0 Å². The van der Waals surface area contributed by atoms with Gasteiger partial charge in [0.05, 0.1) is 7.11 Å². The second-order valence-corrected chi connectivity index (χ2v) is 6.60. The van der Waals surface area contributed by atoms with E-state index in [1.165, 1.54) is 31.2 Å². The van der Waals surface area contributed by atoms with Crippen LogP contribution in [0.3, 0.4) is 0 Å². The van der Waals surface area contributed by atoms with Crippen molar-refractivity contribution in [1.82, 2.24) is 5.32 Å². The van der Waals surface area contributed by atoms with E-state index in [4.69, 9.17) is 4.74 Å². The molecule has 0 bridgehead atoms. The molecular weight excluding hydrogens is 234 g/mol. The first kappa shape index (κ1) is 14.4. The van der Waals surface area contributed by atoms with E-state index >= 15 is 0 Å². The molecule has 1 atom stereocenters. The Bertz CT molecular complexity index is 386. The zero-order valence-electron chi connectivity index (χ0n) is 12.7. The number of rotatable bonds is 4. The van der Waals surface area contributed by atoms with Crippen molar-refractivity contribution >= 4 is 0 Å². The summed E-state index contributed by atoms with van der Waals surface area (Å²) in [4.78, 5) is 0. The average molecular weight is 261 g/mol. The maximum atomic E-state index is 5.20. The molecule has 19 heavy (non-hydrogen) atoms. The van der Waals surface area contributed by atoms with E-state index in [-0.39, 0.29) is 0 Å². The molecule has 2 nitrogen and oxygen atoms in total. The number of ether oxygens (including phenoxy) is 1. The highest BCUT2D eigenvalue weighted by atomic mass is 16.5. The molecule has 0 amide bonds. The Balaban J connectivity index is 1.88. The normalized spacial score (nSPS) is 21.1. The van der Waals surface area contributed by atoms with Crippen molar-refractivity contribution in [3.8, 4) is 5.75 Å². The number of nitrogens with one attached hydrogen (secondary N) is 1. The van der Waals surface area contributed by atoms with Gasteiger partial charge in [0.2, 0.25) is 0 Å². The number of benzene rings is 1. The summed E-state index contributed by atoms with van der Waals surface area (Å²) in [5.74, 6) is 0.926. The van der Waals surface area contributed by atoms with Gasteiger partial charge in [-0.15, -0.1) is 0 Å². The molecule has 0 saturated heterocycles. The Labute approximate surface area is 117 Å². The fourth-order valence-corrected chi connectivity index (χ4v) is 2.91. The zero-order valence-corrected chi connectivity index (χ0v) is 12.7. The van der Waals surface area contributed by atoms with Crippen LogP contribution in [-0.4, -0.2) is 13.2 Å². The van der Waals surface area contributed by atoms with Crippen LogP contribution in [0.5, 0.6) is 5.75 Å². The molecule has 1 aliphatic carbocycles. The van der Waals surface area contributed by atoms with Crippen molar-refractivity contribution in [3.05, 3.63) is 29.8 Å². The molecule has 2 heteroatoms. The summed E-state index contributed by atoms with van der Waals surface area (Å²) in [7, 11) is 1.71. The van der Waals surface area contributed by atoms with Crippen LogP contribution in [-0.2, 0) is 0 Å². The van der Waals surface area contributed by atoms with Crippen molar-refractivity contribution in [2.75, 3.05) is 7.11 Å². The Morgan fingerprint density at radius 2 is 1.74 bits per heavy atom. The van der Waals surface area contributed by atoms with E-state index in [1.807, 2.05) is 12.1 Å². The molecule has 1 aromatic carbocycles. The van der Waals surface area contributed by atoms with Gasteiger partial charge in [0.25, 0.3) is 0 Å². The zero-order chi connectivity index (χ0) is 13.9. The third-order valence-electron chi connectivity index (χ3n) is 4.44. The summed E-state index contributed by atoms with van der Waals surface area (Å²) >= 11 is 0. The van der Waals surface area contributed by atoms with Gasteiger partial charge in [-0.25, -0.2) is 0 Å². The number of methoxy groups -OCH3 is 1. The Kier molecular flexibility index (Phi) is 4.51. The van der Waals surface area contributed by atoms with Crippen molar-refractivity contribution in [3.63, 3.8) is 0 Å². The summed E-state index contributed by atoms with van der Waals surface area (Å²) in [5.41, 5.74) is 1.88. The maximum Gasteiger partial charge on any atom is 0.118 e. The Morgan fingerprint density at radius 3 is 2.26 bits per heavy atom. The highest BCUT2D eigenvalue weighted by Crippen LogP contribution is 2.35. The second kappa shape index (κ2) is 5.96. The number of hydrogen-bond acceptors (Lipinski definition) is 2. The minimum absolute atomic E-state index is 0.414.